The fraction of sp³-hybridized carbons (Fsp3) is 0.700. The normalized spacial score (nSPS) is 21.4. The summed E-state index contributed by atoms with van der Waals surface area (Å²) in [4.78, 5) is 5.90. The Balaban J connectivity index is 1.74. The second-order valence-electron chi connectivity index (χ2n) is 3.95. The van der Waals surface area contributed by atoms with E-state index in [1.54, 1.807) is 11.3 Å². The minimum Gasteiger partial charge on any atom is -0.467 e. The Morgan fingerprint density at radius 3 is 3.07 bits per heavy atom. The van der Waals surface area contributed by atoms with Gasteiger partial charge in [-0.2, -0.15) is 0 Å². The fourth-order valence-electron chi connectivity index (χ4n) is 1.78. The molecule has 0 amide bonds. The van der Waals surface area contributed by atoms with Crippen LogP contribution in [-0.4, -0.2) is 17.6 Å². The van der Waals surface area contributed by atoms with Gasteiger partial charge in [-0.3, -0.25) is 0 Å². The number of nitrogens with one attached hydrogen (secondary N) is 1. The highest BCUT2D eigenvalue weighted by molar-refractivity contribution is 7.13. The largest absolute Gasteiger partial charge is 0.467 e. The first-order valence-electron chi connectivity index (χ1n) is 5.28. The van der Waals surface area contributed by atoms with Crippen LogP contribution in [0, 0.1) is 0 Å². The molecule has 1 aromatic rings. The lowest BCUT2D eigenvalue weighted by Gasteiger charge is -2.24. The summed E-state index contributed by atoms with van der Waals surface area (Å²) in [7, 11) is 0. The number of rotatable bonds is 2. The van der Waals surface area contributed by atoms with Crippen molar-refractivity contribution in [3.05, 3.63) is 10.6 Å². The van der Waals surface area contributed by atoms with Crippen molar-refractivity contribution < 1.29 is 4.74 Å². The number of hydrogen-bond donors (Lipinski definition) is 1. The lowest BCUT2D eigenvalue weighted by molar-refractivity contribution is 0.119. The van der Waals surface area contributed by atoms with Gasteiger partial charge in [0.25, 0.3) is 5.19 Å². The summed E-state index contributed by atoms with van der Waals surface area (Å²) >= 11 is 1.72. The number of thiazole rings is 1. The molecule has 0 spiro atoms. The summed E-state index contributed by atoms with van der Waals surface area (Å²) < 4.78 is 5.78. The van der Waals surface area contributed by atoms with Crippen molar-refractivity contribution in [3.8, 4) is 5.19 Å². The van der Waals surface area contributed by atoms with Crippen LogP contribution in [0.3, 0.4) is 0 Å². The number of hydrogen-bond acceptors (Lipinski definition) is 4. The van der Waals surface area contributed by atoms with Gasteiger partial charge < -0.3 is 10.1 Å². The van der Waals surface area contributed by atoms with Crippen molar-refractivity contribution in [1.82, 2.24) is 10.3 Å². The summed E-state index contributed by atoms with van der Waals surface area (Å²) in [6.45, 7) is 2.03. The molecule has 3 nitrogen and oxygen atoms in total. The summed E-state index contributed by atoms with van der Waals surface area (Å²) in [5.74, 6) is 0. The third-order valence-electron chi connectivity index (χ3n) is 2.90. The molecule has 1 fully saturated rings. The molecule has 1 N–H and O–H groups in total. The maximum atomic E-state index is 5.78. The van der Waals surface area contributed by atoms with Gasteiger partial charge in [0.1, 0.15) is 6.10 Å². The van der Waals surface area contributed by atoms with E-state index < -0.39 is 0 Å². The highest BCUT2D eigenvalue weighted by Crippen LogP contribution is 2.31. The number of ether oxygens (including phenoxy) is 1. The van der Waals surface area contributed by atoms with Crippen molar-refractivity contribution in [2.75, 3.05) is 6.54 Å². The zero-order valence-corrected chi connectivity index (χ0v) is 8.90. The molecule has 1 aromatic heterocycles. The van der Waals surface area contributed by atoms with Crippen molar-refractivity contribution in [1.29, 1.82) is 0 Å². The Morgan fingerprint density at radius 1 is 1.43 bits per heavy atom. The van der Waals surface area contributed by atoms with Crippen LogP contribution in [0.25, 0.3) is 0 Å². The molecule has 2 aliphatic rings. The summed E-state index contributed by atoms with van der Waals surface area (Å²) in [5.41, 5.74) is 1.25. The highest BCUT2D eigenvalue weighted by Gasteiger charge is 2.22. The molecule has 0 bridgehead atoms. The quantitative estimate of drug-likeness (QED) is 0.807. The molecule has 4 heteroatoms. The SMILES string of the molecule is C1CC(Oc2nc3c(s2)CNCC3)C1. The van der Waals surface area contributed by atoms with E-state index in [4.69, 9.17) is 4.74 Å². The van der Waals surface area contributed by atoms with Crippen LogP contribution in [0.2, 0.25) is 0 Å². The van der Waals surface area contributed by atoms with Gasteiger partial charge in [0.05, 0.1) is 5.69 Å². The average Bonchev–Trinajstić information content (AvgIpc) is 2.53. The molecule has 0 atom stereocenters. The molecule has 14 heavy (non-hydrogen) atoms. The summed E-state index contributed by atoms with van der Waals surface area (Å²) in [5, 5.41) is 4.24. The van der Waals surface area contributed by atoms with Crippen LogP contribution in [0.4, 0.5) is 0 Å². The van der Waals surface area contributed by atoms with Gasteiger partial charge in [-0.05, 0) is 19.3 Å². The Labute approximate surface area is 87.5 Å². The predicted molar refractivity (Wildman–Crippen MR) is 55.8 cm³/mol. The fourth-order valence-corrected chi connectivity index (χ4v) is 2.77. The molecule has 2 heterocycles. The second-order valence-corrected chi connectivity index (χ2v) is 4.99. The first-order chi connectivity index (χ1) is 6.92. The van der Waals surface area contributed by atoms with Crippen LogP contribution in [0.1, 0.15) is 29.8 Å². The number of fused-ring (bicyclic) bond motifs is 1. The standard InChI is InChI=1S/C10H14N2OS/c1-2-7(3-1)13-10-12-8-4-5-11-6-9(8)14-10/h7,11H,1-6H2. The first kappa shape index (κ1) is 8.68. The van der Waals surface area contributed by atoms with Crippen molar-refractivity contribution in [2.24, 2.45) is 0 Å². The van der Waals surface area contributed by atoms with Gasteiger partial charge in [0, 0.05) is 24.4 Å². The molecule has 0 saturated heterocycles. The molecule has 0 unspecified atom stereocenters. The van der Waals surface area contributed by atoms with E-state index >= 15 is 0 Å². The molecular weight excluding hydrogens is 196 g/mol. The van der Waals surface area contributed by atoms with Gasteiger partial charge in [-0.25, -0.2) is 4.98 Å². The van der Waals surface area contributed by atoms with Gasteiger partial charge in [-0.15, -0.1) is 0 Å². The molecule has 1 aliphatic carbocycles. The van der Waals surface area contributed by atoms with Crippen molar-refractivity contribution in [2.45, 2.75) is 38.3 Å². The van der Waals surface area contributed by atoms with Gasteiger partial charge >= 0.3 is 0 Å². The third kappa shape index (κ3) is 1.53. The van der Waals surface area contributed by atoms with Crippen LogP contribution < -0.4 is 10.1 Å². The van der Waals surface area contributed by atoms with Crippen molar-refractivity contribution in [3.63, 3.8) is 0 Å². The maximum Gasteiger partial charge on any atom is 0.273 e. The highest BCUT2D eigenvalue weighted by atomic mass is 32.1. The smallest absolute Gasteiger partial charge is 0.273 e. The van der Waals surface area contributed by atoms with Gasteiger partial charge in [-0.1, -0.05) is 11.3 Å². The zero-order valence-electron chi connectivity index (χ0n) is 8.08. The van der Waals surface area contributed by atoms with E-state index in [9.17, 15) is 0 Å². The molecule has 0 radical (unpaired) electrons. The average molecular weight is 210 g/mol. The van der Waals surface area contributed by atoms with E-state index in [0.717, 1.165) is 24.7 Å². The summed E-state index contributed by atoms with van der Waals surface area (Å²) in [6, 6.07) is 0. The molecule has 1 aliphatic heterocycles. The van der Waals surface area contributed by atoms with Crippen LogP contribution in [0.5, 0.6) is 5.19 Å². The van der Waals surface area contributed by atoms with Crippen LogP contribution >= 0.6 is 11.3 Å². The second kappa shape index (κ2) is 3.51. The molecule has 0 aromatic carbocycles. The lowest BCUT2D eigenvalue weighted by Crippen LogP contribution is -2.24. The van der Waals surface area contributed by atoms with Crippen LogP contribution in [-0.2, 0) is 13.0 Å². The molecular formula is C10H14N2OS. The monoisotopic (exact) mass is 210 g/mol. The van der Waals surface area contributed by atoms with Crippen molar-refractivity contribution >= 4 is 11.3 Å². The zero-order chi connectivity index (χ0) is 9.38. The van der Waals surface area contributed by atoms with E-state index in [1.165, 1.54) is 29.8 Å². The number of aromatic nitrogens is 1. The molecule has 1 saturated carbocycles. The first-order valence-corrected chi connectivity index (χ1v) is 6.09. The Bertz CT molecular complexity index is 309. The molecule has 3 rings (SSSR count). The minimum atomic E-state index is 0.454. The topological polar surface area (TPSA) is 34.1 Å². The Morgan fingerprint density at radius 2 is 2.36 bits per heavy atom. The van der Waals surface area contributed by atoms with E-state index in [1.807, 2.05) is 0 Å². The minimum absolute atomic E-state index is 0.454. The predicted octanol–water partition coefficient (Wildman–Crippen LogP) is 1.72. The molecule has 76 valence electrons. The Hall–Kier alpha value is -0.610. The Kier molecular flexibility index (Phi) is 2.18. The lowest BCUT2D eigenvalue weighted by atomic mass is 9.96. The number of nitrogens with zero attached hydrogens (tertiary/aromatic N) is 1. The third-order valence-corrected chi connectivity index (χ3v) is 3.89. The van der Waals surface area contributed by atoms with Crippen LogP contribution in [0.15, 0.2) is 0 Å². The van der Waals surface area contributed by atoms with Gasteiger partial charge in [0.2, 0.25) is 0 Å². The van der Waals surface area contributed by atoms with Gasteiger partial charge in [0.15, 0.2) is 0 Å². The maximum absolute atomic E-state index is 5.78. The van der Waals surface area contributed by atoms with E-state index in [2.05, 4.69) is 10.3 Å². The van der Waals surface area contributed by atoms with E-state index in [0.29, 0.717) is 6.10 Å². The van der Waals surface area contributed by atoms with E-state index in [-0.39, 0.29) is 0 Å². The summed E-state index contributed by atoms with van der Waals surface area (Å²) in [6.07, 6.45) is 5.25.